The summed E-state index contributed by atoms with van der Waals surface area (Å²) >= 11 is 0. The van der Waals surface area contributed by atoms with E-state index in [4.69, 9.17) is 4.74 Å². The highest BCUT2D eigenvalue weighted by Crippen LogP contribution is 2.21. The van der Waals surface area contributed by atoms with Gasteiger partial charge in [-0.1, -0.05) is 72.8 Å². The molecule has 246 valence electrons. The number of ether oxygens (including phenoxy) is 1. The normalized spacial score (nSPS) is 11.7. The second-order valence-corrected chi connectivity index (χ2v) is 12.6. The maximum absolute atomic E-state index is 13.9. The first-order chi connectivity index (χ1) is 23.2. The number of hydrogen-bond acceptors (Lipinski definition) is 5. The van der Waals surface area contributed by atoms with Crippen molar-refractivity contribution in [2.75, 3.05) is 11.3 Å². The van der Waals surface area contributed by atoms with Crippen LogP contribution in [0.3, 0.4) is 0 Å². The number of sulfonamides is 1. The third kappa shape index (κ3) is 9.49. The van der Waals surface area contributed by atoms with Crippen LogP contribution in [-0.2, 0) is 39.1 Å². The van der Waals surface area contributed by atoms with Gasteiger partial charge in [0.2, 0.25) is 5.91 Å². The Kier molecular flexibility index (Phi) is 11.1. The molecule has 1 atom stereocenters. The molecule has 5 aromatic carbocycles. The molecular weight excluding hydrogens is 636 g/mol. The lowest BCUT2D eigenvalue weighted by atomic mass is 10.0. The summed E-state index contributed by atoms with van der Waals surface area (Å²) in [5.41, 5.74) is 2.53. The van der Waals surface area contributed by atoms with Crippen LogP contribution in [0.2, 0.25) is 0 Å². The lowest BCUT2D eigenvalue weighted by Gasteiger charge is -2.31. The standard InChI is InChI=1S/C37H33F2N3O5S/c38-30-13-11-29(12-14-30)25-42(35(23-27-7-3-1-4-8-27)37(44)40-24-28-9-5-2-6-10-28)36(43)26-47-33-19-21-34(22-20-33)48(45,46)41-32-17-15-31(39)16-18-32/h1-22,35,41H,23-26H2,(H,40,44)/t35-/m1/s1. The molecule has 0 aromatic heterocycles. The molecule has 5 aromatic rings. The third-order valence-corrected chi connectivity index (χ3v) is 8.84. The maximum Gasteiger partial charge on any atom is 0.261 e. The minimum absolute atomic E-state index is 0.00493. The molecule has 11 heteroatoms. The molecule has 2 N–H and O–H groups in total. The van der Waals surface area contributed by atoms with Gasteiger partial charge in [-0.15, -0.1) is 0 Å². The van der Waals surface area contributed by atoms with Gasteiger partial charge in [-0.3, -0.25) is 14.3 Å². The zero-order valence-electron chi connectivity index (χ0n) is 25.8. The van der Waals surface area contributed by atoms with Crippen LogP contribution in [0, 0.1) is 11.6 Å². The first-order valence-electron chi connectivity index (χ1n) is 15.1. The van der Waals surface area contributed by atoms with Crippen LogP contribution in [0.4, 0.5) is 14.5 Å². The van der Waals surface area contributed by atoms with Crippen LogP contribution in [0.15, 0.2) is 138 Å². The Labute approximate surface area is 278 Å². The molecule has 0 spiro atoms. The van der Waals surface area contributed by atoms with Crippen molar-refractivity contribution in [3.63, 3.8) is 0 Å². The second kappa shape index (κ2) is 15.8. The number of nitrogens with zero attached hydrogens (tertiary/aromatic N) is 1. The van der Waals surface area contributed by atoms with Crippen molar-refractivity contribution in [2.45, 2.75) is 30.4 Å². The molecule has 0 heterocycles. The molecule has 0 aliphatic rings. The third-order valence-electron chi connectivity index (χ3n) is 7.44. The van der Waals surface area contributed by atoms with Gasteiger partial charge in [-0.2, -0.15) is 0 Å². The van der Waals surface area contributed by atoms with E-state index in [1.54, 1.807) is 12.1 Å². The highest BCUT2D eigenvalue weighted by Gasteiger charge is 2.31. The number of carbonyl (C=O) groups is 2. The van der Waals surface area contributed by atoms with Crippen molar-refractivity contribution >= 4 is 27.5 Å². The Hall–Kier alpha value is -5.55. The first kappa shape index (κ1) is 33.8. The number of rotatable bonds is 14. The smallest absolute Gasteiger partial charge is 0.261 e. The fourth-order valence-corrected chi connectivity index (χ4v) is 5.98. The molecule has 0 radical (unpaired) electrons. The quantitative estimate of drug-likeness (QED) is 0.149. The molecule has 5 rings (SSSR count). The average Bonchev–Trinajstić information content (AvgIpc) is 3.10. The predicted octanol–water partition coefficient (Wildman–Crippen LogP) is 6.10. The number of benzene rings is 5. The summed E-state index contributed by atoms with van der Waals surface area (Å²) in [6, 6.07) is 33.8. The molecule has 48 heavy (non-hydrogen) atoms. The Morgan fingerprint density at radius 2 is 1.25 bits per heavy atom. The van der Waals surface area contributed by atoms with Gasteiger partial charge in [0.05, 0.1) is 4.90 Å². The van der Waals surface area contributed by atoms with E-state index in [1.165, 1.54) is 53.4 Å². The van der Waals surface area contributed by atoms with Crippen LogP contribution in [-0.4, -0.2) is 37.8 Å². The van der Waals surface area contributed by atoms with Crippen LogP contribution in [0.25, 0.3) is 0 Å². The summed E-state index contributed by atoms with van der Waals surface area (Å²) in [6.45, 7) is -0.200. The Morgan fingerprint density at radius 3 is 1.85 bits per heavy atom. The molecule has 2 amide bonds. The van der Waals surface area contributed by atoms with Gasteiger partial charge < -0.3 is 15.0 Å². The maximum atomic E-state index is 13.9. The zero-order chi connectivity index (χ0) is 33.9. The van der Waals surface area contributed by atoms with Gasteiger partial charge in [-0.25, -0.2) is 17.2 Å². The lowest BCUT2D eigenvalue weighted by molar-refractivity contribution is -0.142. The summed E-state index contributed by atoms with van der Waals surface area (Å²) in [5.74, 6) is -1.59. The van der Waals surface area contributed by atoms with Crippen molar-refractivity contribution in [3.05, 3.63) is 162 Å². The van der Waals surface area contributed by atoms with E-state index >= 15 is 0 Å². The van der Waals surface area contributed by atoms with E-state index in [1.807, 2.05) is 60.7 Å². The van der Waals surface area contributed by atoms with E-state index < -0.39 is 40.2 Å². The number of anilines is 1. The van der Waals surface area contributed by atoms with Gasteiger partial charge >= 0.3 is 0 Å². The summed E-state index contributed by atoms with van der Waals surface area (Å²) in [4.78, 5) is 29.0. The Bertz CT molecular complexity index is 1910. The topological polar surface area (TPSA) is 105 Å². The van der Waals surface area contributed by atoms with Crippen molar-refractivity contribution in [1.82, 2.24) is 10.2 Å². The summed E-state index contributed by atoms with van der Waals surface area (Å²) in [7, 11) is -3.98. The van der Waals surface area contributed by atoms with Gasteiger partial charge in [-0.05, 0) is 77.4 Å². The molecule has 0 unspecified atom stereocenters. The summed E-state index contributed by atoms with van der Waals surface area (Å²) < 4.78 is 60.7. The largest absolute Gasteiger partial charge is 0.484 e. The number of hydrogen-bond donors (Lipinski definition) is 2. The van der Waals surface area contributed by atoms with Gasteiger partial charge in [0.15, 0.2) is 6.61 Å². The zero-order valence-corrected chi connectivity index (χ0v) is 26.6. The highest BCUT2D eigenvalue weighted by molar-refractivity contribution is 7.92. The van der Waals surface area contributed by atoms with Crippen molar-refractivity contribution in [3.8, 4) is 5.75 Å². The van der Waals surface area contributed by atoms with E-state index in [2.05, 4.69) is 10.0 Å². The lowest BCUT2D eigenvalue weighted by Crippen LogP contribution is -2.51. The van der Waals surface area contributed by atoms with E-state index in [0.717, 1.165) is 23.3 Å². The number of amides is 2. The fraction of sp³-hybridized carbons (Fsp3) is 0.135. The predicted molar refractivity (Wildman–Crippen MR) is 178 cm³/mol. The molecule has 0 aliphatic heterocycles. The molecule has 0 bridgehead atoms. The number of carbonyl (C=O) groups excluding carboxylic acids is 2. The Balaban J connectivity index is 1.34. The molecule has 0 fully saturated rings. The second-order valence-electron chi connectivity index (χ2n) is 10.9. The van der Waals surface area contributed by atoms with Crippen molar-refractivity contribution < 1.29 is 31.5 Å². The minimum Gasteiger partial charge on any atom is -0.484 e. The van der Waals surface area contributed by atoms with E-state index in [9.17, 15) is 26.8 Å². The van der Waals surface area contributed by atoms with Gasteiger partial charge in [0, 0.05) is 25.2 Å². The first-order valence-corrected chi connectivity index (χ1v) is 16.6. The molecular formula is C37H33F2N3O5S. The van der Waals surface area contributed by atoms with Crippen molar-refractivity contribution in [1.29, 1.82) is 0 Å². The van der Waals surface area contributed by atoms with Crippen LogP contribution in [0.1, 0.15) is 16.7 Å². The highest BCUT2D eigenvalue weighted by atomic mass is 32.2. The average molecular weight is 670 g/mol. The number of halogens is 2. The van der Waals surface area contributed by atoms with Gasteiger partial charge in [0.1, 0.15) is 23.4 Å². The molecule has 0 saturated heterocycles. The monoisotopic (exact) mass is 669 g/mol. The molecule has 8 nitrogen and oxygen atoms in total. The molecule has 0 aliphatic carbocycles. The van der Waals surface area contributed by atoms with Crippen molar-refractivity contribution in [2.24, 2.45) is 0 Å². The van der Waals surface area contributed by atoms with Crippen LogP contribution >= 0.6 is 0 Å². The fourth-order valence-electron chi connectivity index (χ4n) is 4.92. The molecule has 0 saturated carbocycles. The van der Waals surface area contributed by atoms with Gasteiger partial charge in [0.25, 0.3) is 15.9 Å². The summed E-state index contributed by atoms with van der Waals surface area (Å²) in [6.07, 6.45) is 0.210. The van der Waals surface area contributed by atoms with E-state index in [-0.39, 0.29) is 41.7 Å². The van der Waals surface area contributed by atoms with E-state index in [0.29, 0.717) is 5.56 Å². The SMILES string of the molecule is O=C(NCc1ccccc1)[C@@H](Cc1ccccc1)N(Cc1ccc(F)cc1)C(=O)COc1ccc(S(=O)(=O)Nc2ccc(F)cc2)cc1. The van der Waals surface area contributed by atoms with Crippen LogP contribution in [0.5, 0.6) is 5.75 Å². The minimum atomic E-state index is -3.98. The number of nitrogens with one attached hydrogen (secondary N) is 2. The Morgan fingerprint density at radius 1 is 0.688 bits per heavy atom. The van der Waals surface area contributed by atoms with Crippen LogP contribution < -0.4 is 14.8 Å². The summed E-state index contributed by atoms with van der Waals surface area (Å²) in [5, 5.41) is 2.95.